The van der Waals surface area contributed by atoms with Gasteiger partial charge >= 0.3 is 0 Å². The Kier molecular flexibility index (Phi) is 1.95. The molecule has 1 aliphatic rings. The molecule has 0 radical (unpaired) electrons. The van der Waals surface area contributed by atoms with Crippen LogP contribution in [0.15, 0.2) is 4.99 Å². The standard InChI is InChI=1S/C6H11NS/c1-5-3-4-6(7-5)8-2/h5H,3-4H2,1-2H3. The van der Waals surface area contributed by atoms with Crippen molar-refractivity contribution in [2.45, 2.75) is 25.8 Å². The highest BCUT2D eigenvalue weighted by molar-refractivity contribution is 8.13. The van der Waals surface area contributed by atoms with Crippen molar-refractivity contribution >= 4 is 16.8 Å². The zero-order valence-electron chi connectivity index (χ0n) is 5.35. The molecule has 2 heteroatoms. The van der Waals surface area contributed by atoms with E-state index in [1.807, 2.05) is 0 Å². The molecule has 0 spiro atoms. The molecule has 0 aromatic heterocycles. The maximum Gasteiger partial charge on any atom is 0.0677 e. The van der Waals surface area contributed by atoms with Crippen LogP contribution >= 0.6 is 11.8 Å². The molecular weight excluding hydrogens is 118 g/mol. The molecule has 0 aliphatic carbocycles. The van der Waals surface area contributed by atoms with Gasteiger partial charge in [-0.25, -0.2) is 0 Å². The molecule has 0 bridgehead atoms. The maximum atomic E-state index is 4.39. The van der Waals surface area contributed by atoms with Crippen molar-refractivity contribution in [1.82, 2.24) is 0 Å². The average Bonchev–Trinajstić information content (AvgIpc) is 2.14. The lowest BCUT2D eigenvalue weighted by atomic mass is 10.2. The van der Waals surface area contributed by atoms with Crippen molar-refractivity contribution in [3.05, 3.63) is 0 Å². The first-order valence-electron chi connectivity index (χ1n) is 2.93. The number of thioether (sulfide) groups is 1. The van der Waals surface area contributed by atoms with Crippen LogP contribution in [0.1, 0.15) is 19.8 Å². The predicted molar refractivity (Wildman–Crippen MR) is 39.6 cm³/mol. The highest BCUT2D eigenvalue weighted by Gasteiger charge is 2.10. The summed E-state index contributed by atoms with van der Waals surface area (Å²) in [6, 6.07) is 0.595. The molecule has 0 aromatic rings. The lowest BCUT2D eigenvalue weighted by Gasteiger charge is -1.89. The molecule has 0 N–H and O–H groups in total. The SMILES string of the molecule is CSC1=NC(C)CC1. The van der Waals surface area contributed by atoms with Gasteiger partial charge in [0, 0.05) is 6.04 Å². The number of aliphatic imine (C=N–C) groups is 1. The van der Waals surface area contributed by atoms with Gasteiger partial charge in [-0.1, -0.05) is 0 Å². The van der Waals surface area contributed by atoms with Crippen molar-refractivity contribution < 1.29 is 0 Å². The van der Waals surface area contributed by atoms with Crippen LogP contribution in [-0.4, -0.2) is 17.3 Å². The maximum absolute atomic E-state index is 4.39. The van der Waals surface area contributed by atoms with Gasteiger partial charge in [-0.15, -0.1) is 11.8 Å². The number of rotatable bonds is 0. The Labute approximate surface area is 54.6 Å². The van der Waals surface area contributed by atoms with Crippen molar-refractivity contribution in [2.75, 3.05) is 6.26 Å². The molecule has 0 aromatic carbocycles. The Bertz CT molecular complexity index is 109. The fourth-order valence-electron chi connectivity index (χ4n) is 0.862. The van der Waals surface area contributed by atoms with Gasteiger partial charge in [-0.05, 0) is 26.0 Å². The van der Waals surface area contributed by atoms with E-state index in [9.17, 15) is 0 Å². The third-order valence-electron chi connectivity index (χ3n) is 1.38. The first-order chi connectivity index (χ1) is 3.83. The van der Waals surface area contributed by atoms with Crippen molar-refractivity contribution in [1.29, 1.82) is 0 Å². The topological polar surface area (TPSA) is 12.4 Å². The van der Waals surface area contributed by atoms with Crippen molar-refractivity contribution in [2.24, 2.45) is 4.99 Å². The van der Waals surface area contributed by atoms with Gasteiger partial charge in [0.1, 0.15) is 0 Å². The lowest BCUT2D eigenvalue weighted by molar-refractivity contribution is 0.739. The van der Waals surface area contributed by atoms with Crippen LogP contribution < -0.4 is 0 Å². The smallest absolute Gasteiger partial charge is 0.0677 e. The van der Waals surface area contributed by atoms with Gasteiger partial charge in [0.15, 0.2) is 0 Å². The van der Waals surface area contributed by atoms with E-state index < -0.39 is 0 Å². The monoisotopic (exact) mass is 129 g/mol. The molecule has 1 heterocycles. The minimum atomic E-state index is 0.595. The first kappa shape index (κ1) is 6.14. The normalized spacial score (nSPS) is 28.2. The molecule has 1 aliphatic heterocycles. The zero-order valence-corrected chi connectivity index (χ0v) is 6.16. The van der Waals surface area contributed by atoms with Crippen molar-refractivity contribution in [3.8, 4) is 0 Å². The summed E-state index contributed by atoms with van der Waals surface area (Å²) in [6.07, 6.45) is 4.56. The third kappa shape index (κ3) is 1.25. The molecule has 46 valence electrons. The summed E-state index contributed by atoms with van der Waals surface area (Å²) in [7, 11) is 0. The molecule has 1 rings (SSSR count). The molecule has 0 saturated heterocycles. The summed E-state index contributed by atoms with van der Waals surface area (Å²) >= 11 is 1.79. The van der Waals surface area contributed by atoms with E-state index in [-0.39, 0.29) is 0 Å². The third-order valence-corrected chi connectivity index (χ3v) is 2.16. The molecule has 1 unspecified atom stereocenters. The molecular formula is C6H11NS. The summed E-state index contributed by atoms with van der Waals surface area (Å²) in [5.41, 5.74) is 0. The van der Waals surface area contributed by atoms with E-state index in [1.165, 1.54) is 17.9 Å². The average molecular weight is 129 g/mol. The Morgan fingerprint density at radius 3 is 2.75 bits per heavy atom. The Morgan fingerprint density at radius 1 is 1.75 bits per heavy atom. The van der Waals surface area contributed by atoms with Crippen LogP contribution in [-0.2, 0) is 0 Å². The van der Waals surface area contributed by atoms with Crippen LogP contribution in [0.4, 0.5) is 0 Å². The highest BCUT2D eigenvalue weighted by atomic mass is 32.2. The fraction of sp³-hybridized carbons (Fsp3) is 0.833. The van der Waals surface area contributed by atoms with E-state index in [1.54, 1.807) is 11.8 Å². The van der Waals surface area contributed by atoms with Crippen LogP contribution in [0.2, 0.25) is 0 Å². The van der Waals surface area contributed by atoms with Gasteiger partial charge in [-0.3, -0.25) is 4.99 Å². The van der Waals surface area contributed by atoms with E-state index in [4.69, 9.17) is 0 Å². The van der Waals surface area contributed by atoms with E-state index in [2.05, 4.69) is 18.2 Å². The first-order valence-corrected chi connectivity index (χ1v) is 4.16. The number of nitrogens with zero attached hydrogens (tertiary/aromatic N) is 1. The molecule has 1 atom stereocenters. The van der Waals surface area contributed by atoms with Gasteiger partial charge < -0.3 is 0 Å². The van der Waals surface area contributed by atoms with Crippen LogP contribution in [0.25, 0.3) is 0 Å². The van der Waals surface area contributed by atoms with Gasteiger partial charge in [0.25, 0.3) is 0 Å². The fourth-order valence-corrected chi connectivity index (χ4v) is 1.47. The van der Waals surface area contributed by atoms with Gasteiger partial charge in [-0.2, -0.15) is 0 Å². The molecule has 0 amide bonds. The number of hydrogen-bond acceptors (Lipinski definition) is 2. The van der Waals surface area contributed by atoms with Gasteiger partial charge in [0.2, 0.25) is 0 Å². The molecule has 1 nitrogen and oxygen atoms in total. The lowest BCUT2D eigenvalue weighted by Crippen LogP contribution is -1.86. The summed E-state index contributed by atoms with van der Waals surface area (Å²) in [5, 5.41) is 1.33. The predicted octanol–water partition coefficient (Wildman–Crippen LogP) is 1.93. The van der Waals surface area contributed by atoms with Crippen LogP contribution in [0.5, 0.6) is 0 Å². The Hall–Kier alpha value is 0.0200. The quantitative estimate of drug-likeness (QED) is 0.487. The number of hydrogen-bond donors (Lipinski definition) is 0. The molecule has 0 saturated carbocycles. The van der Waals surface area contributed by atoms with E-state index in [0.717, 1.165) is 0 Å². The Morgan fingerprint density at radius 2 is 2.50 bits per heavy atom. The van der Waals surface area contributed by atoms with Crippen LogP contribution in [0, 0.1) is 0 Å². The summed E-state index contributed by atoms with van der Waals surface area (Å²) in [5.74, 6) is 0. The largest absolute Gasteiger partial charge is 0.280 e. The second-order valence-corrected chi connectivity index (χ2v) is 2.99. The van der Waals surface area contributed by atoms with E-state index >= 15 is 0 Å². The van der Waals surface area contributed by atoms with E-state index in [0.29, 0.717) is 6.04 Å². The summed E-state index contributed by atoms with van der Waals surface area (Å²) in [4.78, 5) is 4.39. The second-order valence-electron chi connectivity index (χ2n) is 2.11. The minimum Gasteiger partial charge on any atom is -0.280 e. The van der Waals surface area contributed by atoms with Gasteiger partial charge in [0.05, 0.1) is 5.04 Å². The summed E-state index contributed by atoms with van der Waals surface area (Å²) in [6.45, 7) is 2.17. The Balaban J connectivity index is 2.44. The van der Waals surface area contributed by atoms with Crippen molar-refractivity contribution in [3.63, 3.8) is 0 Å². The zero-order chi connectivity index (χ0) is 5.98. The minimum absolute atomic E-state index is 0.595. The summed E-state index contributed by atoms with van der Waals surface area (Å²) < 4.78 is 0. The molecule has 8 heavy (non-hydrogen) atoms. The molecule has 0 fully saturated rings. The second kappa shape index (κ2) is 2.53. The highest BCUT2D eigenvalue weighted by Crippen LogP contribution is 2.17. The van der Waals surface area contributed by atoms with Crippen LogP contribution in [0.3, 0.4) is 0 Å².